The van der Waals surface area contributed by atoms with Gasteiger partial charge in [0, 0.05) is 68.4 Å². The maximum Gasteiger partial charge on any atom is 0.219 e. The highest BCUT2D eigenvalue weighted by Gasteiger charge is 2.28. The van der Waals surface area contributed by atoms with E-state index in [-0.39, 0.29) is 30.7 Å². The number of benzene rings is 1. The van der Waals surface area contributed by atoms with Gasteiger partial charge >= 0.3 is 0 Å². The number of amides is 1. The van der Waals surface area contributed by atoms with E-state index in [2.05, 4.69) is 25.3 Å². The summed E-state index contributed by atoms with van der Waals surface area (Å²) >= 11 is 0. The van der Waals surface area contributed by atoms with Gasteiger partial charge in [-0.1, -0.05) is 0 Å². The standard InChI is InChI=1S/C23H24F2N6O2/c1-14-16-13-29-23(22-27-7-4-8-28-22)30-18(16)6-9-31(14)15-11-17(24)21(25)19(12-15)33-10-3-5-20(32)26-2/h4,7-8,11-14H,3,5-6,9-10H2,1-2H3,(H,26,32). The first-order chi connectivity index (χ1) is 16.0. The smallest absolute Gasteiger partial charge is 0.219 e. The predicted molar refractivity (Wildman–Crippen MR) is 118 cm³/mol. The van der Waals surface area contributed by atoms with E-state index in [1.54, 1.807) is 31.7 Å². The Morgan fingerprint density at radius 2 is 2.00 bits per heavy atom. The van der Waals surface area contributed by atoms with Crippen molar-refractivity contribution >= 4 is 11.6 Å². The Hall–Kier alpha value is -3.69. The molecule has 0 bridgehead atoms. The number of aromatic nitrogens is 4. The second-order valence-corrected chi connectivity index (χ2v) is 7.65. The number of fused-ring (bicyclic) bond motifs is 1. The summed E-state index contributed by atoms with van der Waals surface area (Å²) in [7, 11) is 1.54. The third-order valence-electron chi connectivity index (χ3n) is 5.57. The summed E-state index contributed by atoms with van der Waals surface area (Å²) in [5, 5.41) is 2.51. The van der Waals surface area contributed by atoms with Gasteiger partial charge in [0.2, 0.25) is 11.7 Å². The van der Waals surface area contributed by atoms with Gasteiger partial charge in [-0.2, -0.15) is 4.39 Å². The molecule has 172 valence electrons. The number of hydrogen-bond donors (Lipinski definition) is 1. The Balaban J connectivity index is 1.53. The highest BCUT2D eigenvalue weighted by Crippen LogP contribution is 2.36. The van der Waals surface area contributed by atoms with Gasteiger partial charge in [0.25, 0.3) is 0 Å². The Labute approximate surface area is 190 Å². The molecule has 3 heterocycles. The molecule has 1 N–H and O–H groups in total. The molecule has 33 heavy (non-hydrogen) atoms. The number of carbonyl (C=O) groups is 1. The number of anilines is 1. The number of nitrogens with zero attached hydrogens (tertiary/aromatic N) is 5. The normalized spacial score (nSPS) is 15.2. The van der Waals surface area contributed by atoms with Crippen LogP contribution in [0, 0.1) is 11.6 Å². The zero-order chi connectivity index (χ0) is 23.4. The van der Waals surface area contributed by atoms with E-state index >= 15 is 0 Å². The Kier molecular flexibility index (Phi) is 6.71. The fraction of sp³-hybridized carbons (Fsp3) is 0.348. The van der Waals surface area contributed by atoms with Crippen LogP contribution in [0.2, 0.25) is 0 Å². The molecule has 8 nitrogen and oxygen atoms in total. The number of rotatable bonds is 7. The molecule has 1 aliphatic heterocycles. The molecule has 1 aromatic carbocycles. The van der Waals surface area contributed by atoms with Gasteiger partial charge in [0.15, 0.2) is 23.2 Å². The summed E-state index contributed by atoms with van der Waals surface area (Å²) < 4.78 is 34.1. The fourth-order valence-corrected chi connectivity index (χ4v) is 3.80. The molecule has 1 atom stereocenters. The molecule has 1 aliphatic rings. The molecule has 4 rings (SSSR count). The van der Waals surface area contributed by atoms with Crippen molar-refractivity contribution in [3.05, 3.63) is 59.7 Å². The van der Waals surface area contributed by atoms with Crippen molar-refractivity contribution < 1.29 is 18.3 Å². The van der Waals surface area contributed by atoms with E-state index in [1.165, 1.54) is 12.1 Å². The first-order valence-electron chi connectivity index (χ1n) is 10.7. The minimum atomic E-state index is -1.04. The summed E-state index contributed by atoms with van der Waals surface area (Å²) in [6, 6.07) is 4.22. The quantitative estimate of drug-likeness (QED) is 0.548. The molecule has 0 radical (unpaired) electrons. The molecule has 1 amide bonds. The molecule has 2 aromatic heterocycles. The summed E-state index contributed by atoms with van der Waals surface area (Å²) in [4.78, 5) is 30.7. The molecule has 1 unspecified atom stereocenters. The van der Waals surface area contributed by atoms with Crippen LogP contribution in [0.25, 0.3) is 11.6 Å². The monoisotopic (exact) mass is 454 g/mol. The lowest BCUT2D eigenvalue weighted by Crippen LogP contribution is -2.35. The topological polar surface area (TPSA) is 93.1 Å². The maximum absolute atomic E-state index is 14.4. The van der Waals surface area contributed by atoms with Gasteiger partial charge < -0.3 is 15.0 Å². The zero-order valence-corrected chi connectivity index (χ0v) is 18.4. The molecule has 0 aliphatic carbocycles. The van der Waals surface area contributed by atoms with Crippen LogP contribution >= 0.6 is 0 Å². The minimum Gasteiger partial charge on any atom is -0.490 e. The third-order valence-corrected chi connectivity index (χ3v) is 5.57. The third kappa shape index (κ3) is 4.89. The lowest BCUT2D eigenvalue weighted by atomic mass is 9.98. The van der Waals surface area contributed by atoms with Gasteiger partial charge in [-0.3, -0.25) is 4.79 Å². The average Bonchev–Trinajstić information content (AvgIpc) is 2.84. The molecular weight excluding hydrogens is 430 g/mol. The SMILES string of the molecule is CNC(=O)CCCOc1cc(N2CCc3nc(-c4ncccn4)ncc3C2C)cc(F)c1F. The largest absolute Gasteiger partial charge is 0.490 e. The van der Waals surface area contributed by atoms with Crippen LogP contribution in [0.5, 0.6) is 5.75 Å². The average molecular weight is 454 g/mol. The predicted octanol–water partition coefficient (Wildman–Crippen LogP) is 3.24. The van der Waals surface area contributed by atoms with E-state index in [9.17, 15) is 13.6 Å². The molecule has 0 saturated heterocycles. The van der Waals surface area contributed by atoms with Crippen molar-refractivity contribution in [1.29, 1.82) is 0 Å². The Morgan fingerprint density at radius 3 is 2.76 bits per heavy atom. The number of hydrogen-bond acceptors (Lipinski definition) is 7. The number of nitrogens with one attached hydrogen (secondary N) is 1. The zero-order valence-electron chi connectivity index (χ0n) is 18.4. The molecular formula is C23H24F2N6O2. The van der Waals surface area contributed by atoms with Crippen LogP contribution in [-0.2, 0) is 11.2 Å². The van der Waals surface area contributed by atoms with Crippen molar-refractivity contribution in [2.45, 2.75) is 32.2 Å². The molecule has 0 fully saturated rings. The van der Waals surface area contributed by atoms with Crippen molar-refractivity contribution in [3.63, 3.8) is 0 Å². The van der Waals surface area contributed by atoms with Gasteiger partial charge in [-0.25, -0.2) is 24.3 Å². The maximum atomic E-state index is 14.4. The van der Waals surface area contributed by atoms with Gasteiger partial charge in [0.1, 0.15) is 0 Å². The lowest BCUT2D eigenvalue weighted by molar-refractivity contribution is -0.120. The van der Waals surface area contributed by atoms with Gasteiger partial charge in [-0.05, 0) is 19.4 Å². The van der Waals surface area contributed by atoms with Crippen LogP contribution in [0.15, 0.2) is 36.8 Å². The summed E-state index contributed by atoms with van der Waals surface area (Å²) in [6.45, 7) is 2.62. The van der Waals surface area contributed by atoms with Gasteiger partial charge in [0.05, 0.1) is 18.3 Å². The lowest BCUT2D eigenvalue weighted by Gasteiger charge is -2.36. The van der Waals surface area contributed by atoms with Crippen LogP contribution in [0.3, 0.4) is 0 Å². The van der Waals surface area contributed by atoms with E-state index in [4.69, 9.17) is 4.74 Å². The molecule has 3 aromatic rings. The van der Waals surface area contributed by atoms with E-state index in [0.29, 0.717) is 36.7 Å². The Morgan fingerprint density at radius 1 is 1.21 bits per heavy atom. The number of halogens is 2. The van der Waals surface area contributed by atoms with Crippen molar-refractivity contribution in [3.8, 4) is 17.4 Å². The van der Waals surface area contributed by atoms with E-state index in [1.807, 2.05) is 11.8 Å². The van der Waals surface area contributed by atoms with Crippen LogP contribution in [0.1, 0.15) is 37.1 Å². The van der Waals surface area contributed by atoms with Gasteiger partial charge in [-0.15, -0.1) is 0 Å². The minimum absolute atomic E-state index is 0.101. The second-order valence-electron chi connectivity index (χ2n) is 7.65. The fourth-order valence-electron chi connectivity index (χ4n) is 3.80. The highest BCUT2D eigenvalue weighted by molar-refractivity contribution is 5.75. The highest BCUT2D eigenvalue weighted by atomic mass is 19.2. The summed E-state index contributed by atoms with van der Waals surface area (Å²) in [6.07, 6.45) is 6.25. The summed E-state index contributed by atoms with van der Waals surface area (Å²) in [5.74, 6) is -1.43. The van der Waals surface area contributed by atoms with Crippen LogP contribution < -0.4 is 15.0 Å². The van der Waals surface area contributed by atoms with Crippen LogP contribution in [-0.4, -0.2) is 46.0 Å². The molecule has 10 heteroatoms. The first-order valence-corrected chi connectivity index (χ1v) is 10.7. The van der Waals surface area contributed by atoms with Crippen molar-refractivity contribution in [2.75, 3.05) is 25.1 Å². The summed E-state index contributed by atoms with van der Waals surface area (Å²) in [5.41, 5.74) is 2.28. The number of ether oxygens (including phenoxy) is 1. The van der Waals surface area contributed by atoms with E-state index < -0.39 is 11.6 Å². The van der Waals surface area contributed by atoms with Crippen molar-refractivity contribution in [1.82, 2.24) is 25.3 Å². The Bertz CT molecular complexity index is 1150. The van der Waals surface area contributed by atoms with Crippen LogP contribution in [0.4, 0.5) is 14.5 Å². The van der Waals surface area contributed by atoms with E-state index in [0.717, 1.165) is 11.3 Å². The van der Waals surface area contributed by atoms with Crippen molar-refractivity contribution in [2.24, 2.45) is 0 Å². The number of carbonyl (C=O) groups excluding carboxylic acids is 1. The second kappa shape index (κ2) is 9.85. The molecule has 0 spiro atoms. The molecule has 0 saturated carbocycles. The first kappa shape index (κ1) is 22.5.